The van der Waals surface area contributed by atoms with E-state index in [0.29, 0.717) is 23.7 Å². The largest absolute Gasteiger partial charge is 0.495 e. The lowest BCUT2D eigenvalue weighted by Gasteiger charge is -2.21. The molecule has 1 heterocycles. The van der Waals surface area contributed by atoms with Crippen molar-refractivity contribution in [2.45, 2.75) is 12.8 Å². The Morgan fingerprint density at radius 3 is 3.00 bits per heavy atom. The van der Waals surface area contributed by atoms with Gasteiger partial charge in [-0.05, 0) is 31.0 Å². The molecule has 0 spiro atoms. The molecule has 98 valence electrons. The molecule has 1 amide bonds. The predicted octanol–water partition coefficient (Wildman–Crippen LogP) is 1.64. The van der Waals surface area contributed by atoms with Crippen LogP contribution in [0.5, 0.6) is 5.75 Å². The summed E-state index contributed by atoms with van der Waals surface area (Å²) in [5.74, 6) is 0.523. The van der Waals surface area contributed by atoms with Gasteiger partial charge in [-0.25, -0.2) is 0 Å². The third-order valence-electron chi connectivity index (χ3n) is 3.03. The summed E-state index contributed by atoms with van der Waals surface area (Å²) in [4.78, 5) is 12.0. The fourth-order valence-corrected chi connectivity index (χ4v) is 2.00. The smallest absolute Gasteiger partial charge is 0.229 e. The molecule has 1 aliphatic rings. The lowest BCUT2D eigenvalue weighted by atomic mass is 10.0. The monoisotopic (exact) mass is 250 g/mol. The zero-order chi connectivity index (χ0) is 13.0. The minimum atomic E-state index is -0.0675. The molecule has 0 aromatic heterocycles. The highest BCUT2D eigenvalue weighted by Gasteiger charge is 2.21. The normalized spacial score (nSPS) is 19.3. The molecule has 2 rings (SSSR count). The van der Waals surface area contributed by atoms with Crippen molar-refractivity contribution in [1.29, 1.82) is 0 Å². The molecular formula is C13H18N2O3. The Labute approximate surface area is 106 Å². The van der Waals surface area contributed by atoms with Crippen LogP contribution in [0.15, 0.2) is 18.2 Å². The highest BCUT2D eigenvalue weighted by Crippen LogP contribution is 2.25. The fourth-order valence-electron chi connectivity index (χ4n) is 2.00. The molecule has 1 unspecified atom stereocenters. The summed E-state index contributed by atoms with van der Waals surface area (Å²) in [6, 6.07) is 5.21. The van der Waals surface area contributed by atoms with Gasteiger partial charge in [-0.1, -0.05) is 0 Å². The molecule has 5 heteroatoms. The van der Waals surface area contributed by atoms with Crippen LogP contribution in [0, 0.1) is 5.92 Å². The van der Waals surface area contributed by atoms with E-state index >= 15 is 0 Å². The summed E-state index contributed by atoms with van der Waals surface area (Å²) >= 11 is 0. The first kappa shape index (κ1) is 12.7. The quantitative estimate of drug-likeness (QED) is 0.800. The van der Waals surface area contributed by atoms with Gasteiger partial charge >= 0.3 is 0 Å². The number of nitrogens with one attached hydrogen (secondary N) is 1. The Kier molecular flexibility index (Phi) is 4.04. The molecule has 1 atom stereocenters. The summed E-state index contributed by atoms with van der Waals surface area (Å²) in [5, 5.41) is 2.85. The van der Waals surface area contributed by atoms with Gasteiger partial charge in [0, 0.05) is 12.3 Å². The van der Waals surface area contributed by atoms with Gasteiger partial charge < -0.3 is 20.5 Å². The van der Waals surface area contributed by atoms with Crippen LogP contribution in [-0.2, 0) is 9.53 Å². The first-order chi connectivity index (χ1) is 8.70. The summed E-state index contributed by atoms with van der Waals surface area (Å²) in [6.07, 6.45) is 1.81. The van der Waals surface area contributed by atoms with Gasteiger partial charge in [0.1, 0.15) is 5.75 Å². The molecular weight excluding hydrogens is 232 g/mol. The van der Waals surface area contributed by atoms with E-state index in [1.807, 2.05) is 0 Å². The van der Waals surface area contributed by atoms with E-state index in [1.165, 1.54) is 0 Å². The molecule has 3 N–H and O–H groups in total. The standard InChI is InChI=1S/C13H18N2O3/c1-17-12-5-4-10(7-11(12)14)15-13(16)9-3-2-6-18-8-9/h4-5,7,9H,2-3,6,8,14H2,1H3,(H,15,16). The second kappa shape index (κ2) is 5.73. The Morgan fingerprint density at radius 2 is 2.39 bits per heavy atom. The van der Waals surface area contributed by atoms with Crippen molar-refractivity contribution in [2.75, 3.05) is 31.4 Å². The number of hydrogen-bond acceptors (Lipinski definition) is 4. The zero-order valence-electron chi connectivity index (χ0n) is 10.4. The average Bonchev–Trinajstić information content (AvgIpc) is 2.40. The number of rotatable bonds is 3. The molecule has 18 heavy (non-hydrogen) atoms. The van der Waals surface area contributed by atoms with Crippen LogP contribution in [0.3, 0.4) is 0 Å². The maximum atomic E-state index is 12.0. The van der Waals surface area contributed by atoms with Crippen LogP contribution in [0.1, 0.15) is 12.8 Å². The average molecular weight is 250 g/mol. The summed E-state index contributed by atoms with van der Waals surface area (Å²) < 4.78 is 10.4. The van der Waals surface area contributed by atoms with Crippen molar-refractivity contribution < 1.29 is 14.3 Å². The van der Waals surface area contributed by atoms with Gasteiger partial charge in [-0.3, -0.25) is 4.79 Å². The van der Waals surface area contributed by atoms with Crippen molar-refractivity contribution in [3.63, 3.8) is 0 Å². The number of nitrogens with two attached hydrogens (primary N) is 1. The molecule has 1 aliphatic heterocycles. The van der Waals surface area contributed by atoms with Gasteiger partial charge in [0.05, 0.1) is 25.3 Å². The minimum Gasteiger partial charge on any atom is -0.495 e. The van der Waals surface area contributed by atoms with Crippen LogP contribution in [-0.4, -0.2) is 26.2 Å². The van der Waals surface area contributed by atoms with E-state index in [4.69, 9.17) is 15.2 Å². The Balaban J connectivity index is 2.00. The van der Waals surface area contributed by atoms with Gasteiger partial charge in [0.25, 0.3) is 0 Å². The maximum absolute atomic E-state index is 12.0. The molecule has 1 aromatic carbocycles. The van der Waals surface area contributed by atoms with Crippen molar-refractivity contribution in [3.05, 3.63) is 18.2 Å². The Bertz CT molecular complexity index is 428. The van der Waals surface area contributed by atoms with Crippen LogP contribution in [0.25, 0.3) is 0 Å². The first-order valence-corrected chi connectivity index (χ1v) is 6.03. The molecule has 1 saturated heterocycles. The molecule has 1 fully saturated rings. The lowest BCUT2D eigenvalue weighted by Crippen LogP contribution is -2.30. The number of ether oxygens (including phenoxy) is 2. The number of carbonyl (C=O) groups is 1. The summed E-state index contributed by atoms with van der Waals surface area (Å²) in [6.45, 7) is 1.25. The zero-order valence-corrected chi connectivity index (χ0v) is 10.4. The van der Waals surface area contributed by atoms with Crippen LogP contribution in [0.4, 0.5) is 11.4 Å². The van der Waals surface area contributed by atoms with E-state index < -0.39 is 0 Å². The van der Waals surface area contributed by atoms with Crippen molar-refractivity contribution in [1.82, 2.24) is 0 Å². The second-order valence-electron chi connectivity index (χ2n) is 4.36. The molecule has 0 radical (unpaired) electrons. The van der Waals surface area contributed by atoms with E-state index in [2.05, 4.69) is 5.32 Å². The van der Waals surface area contributed by atoms with Crippen molar-refractivity contribution in [3.8, 4) is 5.75 Å². The van der Waals surface area contributed by atoms with Crippen LogP contribution < -0.4 is 15.8 Å². The molecule has 1 aromatic rings. The number of nitrogen functional groups attached to an aromatic ring is 1. The fraction of sp³-hybridized carbons (Fsp3) is 0.462. The lowest BCUT2D eigenvalue weighted by molar-refractivity contribution is -0.123. The number of anilines is 2. The van der Waals surface area contributed by atoms with E-state index in [9.17, 15) is 4.79 Å². The van der Waals surface area contributed by atoms with Crippen LogP contribution in [0.2, 0.25) is 0 Å². The third kappa shape index (κ3) is 2.92. The molecule has 0 bridgehead atoms. The van der Waals surface area contributed by atoms with E-state index in [0.717, 1.165) is 19.4 Å². The molecule has 0 aliphatic carbocycles. The number of carbonyl (C=O) groups excluding carboxylic acids is 1. The Morgan fingerprint density at radius 1 is 1.56 bits per heavy atom. The van der Waals surface area contributed by atoms with Gasteiger partial charge in [0.15, 0.2) is 0 Å². The number of hydrogen-bond donors (Lipinski definition) is 2. The highest BCUT2D eigenvalue weighted by atomic mass is 16.5. The topological polar surface area (TPSA) is 73.6 Å². The van der Waals surface area contributed by atoms with Crippen molar-refractivity contribution in [2.24, 2.45) is 5.92 Å². The van der Waals surface area contributed by atoms with E-state index in [1.54, 1.807) is 25.3 Å². The third-order valence-corrected chi connectivity index (χ3v) is 3.03. The van der Waals surface area contributed by atoms with Gasteiger partial charge in [0.2, 0.25) is 5.91 Å². The van der Waals surface area contributed by atoms with Gasteiger partial charge in [-0.15, -0.1) is 0 Å². The number of methoxy groups -OCH3 is 1. The minimum absolute atomic E-state index is 0.0146. The highest BCUT2D eigenvalue weighted by molar-refractivity contribution is 5.93. The summed E-state index contributed by atoms with van der Waals surface area (Å²) in [7, 11) is 1.56. The van der Waals surface area contributed by atoms with Crippen LogP contribution >= 0.6 is 0 Å². The van der Waals surface area contributed by atoms with Crippen molar-refractivity contribution >= 4 is 17.3 Å². The number of benzene rings is 1. The molecule has 0 saturated carbocycles. The Hall–Kier alpha value is -1.75. The first-order valence-electron chi connectivity index (χ1n) is 6.03. The SMILES string of the molecule is COc1ccc(NC(=O)C2CCCOC2)cc1N. The molecule has 5 nitrogen and oxygen atoms in total. The number of amides is 1. The maximum Gasteiger partial charge on any atom is 0.229 e. The van der Waals surface area contributed by atoms with Gasteiger partial charge in [-0.2, -0.15) is 0 Å². The van der Waals surface area contributed by atoms with E-state index in [-0.39, 0.29) is 11.8 Å². The summed E-state index contributed by atoms with van der Waals surface area (Å²) in [5.41, 5.74) is 6.98. The second-order valence-corrected chi connectivity index (χ2v) is 4.36. The predicted molar refractivity (Wildman–Crippen MR) is 69.6 cm³/mol.